The summed E-state index contributed by atoms with van der Waals surface area (Å²) in [6, 6.07) is 10.2. The molecule has 1 aromatic rings. The van der Waals surface area contributed by atoms with Crippen LogP contribution in [0, 0.1) is 0 Å². The smallest absolute Gasteiger partial charge is 0.244 e. The van der Waals surface area contributed by atoms with E-state index in [-0.39, 0.29) is 23.7 Å². The lowest BCUT2D eigenvalue weighted by Crippen LogP contribution is -2.44. The lowest BCUT2D eigenvalue weighted by Gasteiger charge is -2.26. The topological polar surface area (TPSA) is 41.6 Å². The van der Waals surface area contributed by atoms with Gasteiger partial charge in [0.1, 0.15) is 6.17 Å². The number of rotatable bonds is 4. The summed E-state index contributed by atoms with van der Waals surface area (Å²) >= 11 is 0. The highest BCUT2D eigenvalue weighted by atomic mass is 16.5. The molecule has 2 fully saturated rings. The van der Waals surface area contributed by atoms with Crippen LogP contribution in [0.3, 0.4) is 0 Å². The Kier molecular flexibility index (Phi) is 4.00. The highest BCUT2D eigenvalue weighted by Crippen LogP contribution is 2.40. The minimum atomic E-state index is -0.339. The third kappa shape index (κ3) is 2.58. The van der Waals surface area contributed by atoms with Crippen molar-refractivity contribution < 1.29 is 9.53 Å². The molecule has 21 heavy (non-hydrogen) atoms. The molecule has 4 heteroatoms. The summed E-state index contributed by atoms with van der Waals surface area (Å²) in [6.45, 7) is 2.64. The Bertz CT molecular complexity index is 497. The molecule has 0 bridgehead atoms. The summed E-state index contributed by atoms with van der Waals surface area (Å²) in [4.78, 5) is 14.9. The van der Waals surface area contributed by atoms with Gasteiger partial charge in [0.05, 0.1) is 11.6 Å². The molecule has 4 nitrogen and oxygen atoms in total. The molecule has 0 radical (unpaired) electrons. The van der Waals surface area contributed by atoms with Crippen LogP contribution in [-0.4, -0.2) is 36.1 Å². The van der Waals surface area contributed by atoms with E-state index in [2.05, 4.69) is 17.4 Å². The Balaban J connectivity index is 1.90. The van der Waals surface area contributed by atoms with Crippen LogP contribution in [-0.2, 0) is 9.53 Å². The molecule has 1 N–H and O–H groups in total. The van der Waals surface area contributed by atoms with Crippen molar-refractivity contribution in [1.29, 1.82) is 0 Å². The first kappa shape index (κ1) is 14.5. The SMILES string of the molecule is COC(C)CN1C(=O)C2(CCCC2)NC1c1ccccc1. The molecule has 1 saturated heterocycles. The average Bonchev–Trinajstić information content (AvgIpc) is 3.09. The standard InChI is InChI=1S/C17H24N2O2/c1-13(21-2)12-19-15(14-8-4-3-5-9-14)18-17(16(19)20)10-6-7-11-17/h3-5,8-9,13,15,18H,6-7,10-12H2,1-2H3. The van der Waals surface area contributed by atoms with Crippen molar-refractivity contribution in [2.45, 2.75) is 50.4 Å². The molecule has 1 aromatic carbocycles. The number of nitrogens with one attached hydrogen (secondary N) is 1. The predicted octanol–water partition coefficient (Wildman–Crippen LogP) is 2.46. The number of benzene rings is 1. The zero-order chi connectivity index (χ0) is 14.9. The Labute approximate surface area is 126 Å². The van der Waals surface area contributed by atoms with Gasteiger partial charge in [0.25, 0.3) is 0 Å². The van der Waals surface area contributed by atoms with Gasteiger partial charge < -0.3 is 9.64 Å². The summed E-state index contributed by atoms with van der Waals surface area (Å²) in [5.41, 5.74) is 0.812. The van der Waals surface area contributed by atoms with Crippen LogP contribution < -0.4 is 5.32 Å². The number of methoxy groups -OCH3 is 1. The minimum absolute atomic E-state index is 0.0330. The largest absolute Gasteiger partial charge is 0.380 e. The van der Waals surface area contributed by atoms with Gasteiger partial charge in [0, 0.05) is 13.7 Å². The molecule has 1 aliphatic carbocycles. The van der Waals surface area contributed by atoms with Gasteiger partial charge in [0.15, 0.2) is 0 Å². The zero-order valence-corrected chi connectivity index (χ0v) is 12.8. The maximum atomic E-state index is 13.0. The van der Waals surface area contributed by atoms with Gasteiger partial charge in [-0.15, -0.1) is 0 Å². The van der Waals surface area contributed by atoms with Crippen LogP contribution in [0.4, 0.5) is 0 Å². The number of ether oxygens (including phenoxy) is 1. The third-order valence-electron chi connectivity index (χ3n) is 4.82. The van der Waals surface area contributed by atoms with Crippen molar-refractivity contribution in [1.82, 2.24) is 10.2 Å². The van der Waals surface area contributed by atoms with Crippen molar-refractivity contribution in [3.8, 4) is 0 Å². The number of hydrogen-bond acceptors (Lipinski definition) is 3. The lowest BCUT2D eigenvalue weighted by molar-refractivity contribution is -0.134. The van der Waals surface area contributed by atoms with Gasteiger partial charge in [0.2, 0.25) is 5.91 Å². The summed E-state index contributed by atoms with van der Waals surface area (Å²) in [6.07, 6.45) is 4.18. The molecule has 1 spiro atoms. The molecule has 2 unspecified atom stereocenters. The maximum absolute atomic E-state index is 13.0. The molecule has 0 aromatic heterocycles. The lowest BCUT2D eigenvalue weighted by atomic mass is 9.98. The number of hydrogen-bond donors (Lipinski definition) is 1. The second-order valence-electron chi connectivity index (χ2n) is 6.25. The van der Waals surface area contributed by atoms with Crippen LogP contribution in [0.5, 0.6) is 0 Å². The zero-order valence-electron chi connectivity index (χ0n) is 12.8. The van der Waals surface area contributed by atoms with Crippen LogP contribution in [0.1, 0.15) is 44.3 Å². The van der Waals surface area contributed by atoms with E-state index in [4.69, 9.17) is 4.74 Å². The maximum Gasteiger partial charge on any atom is 0.244 e. The quantitative estimate of drug-likeness (QED) is 0.925. The van der Waals surface area contributed by atoms with Crippen molar-refractivity contribution in [3.63, 3.8) is 0 Å². The van der Waals surface area contributed by atoms with Gasteiger partial charge in [-0.2, -0.15) is 0 Å². The van der Waals surface area contributed by atoms with Crippen LogP contribution >= 0.6 is 0 Å². The van der Waals surface area contributed by atoms with Crippen molar-refractivity contribution in [2.75, 3.05) is 13.7 Å². The highest BCUT2D eigenvalue weighted by molar-refractivity contribution is 5.89. The molecule has 1 saturated carbocycles. The Morgan fingerprint density at radius 1 is 1.33 bits per heavy atom. The average molecular weight is 288 g/mol. The summed E-state index contributed by atoms with van der Waals surface area (Å²) in [5, 5.41) is 3.63. The van der Waals surface area contributed by atoms with Crippen LogP contribution in [0.25, 0.3) is 0 Å². The van der Waals surface area contributed by atoms with E-state index in [9.17, 15) is 4.79 Å². The molecule has 2 aliphatic rings. The van der Waals surface area contributed by atoms with Crippen molar-refractivity contribution in [3.05, 3.63) is 35.9 Å². The van der Waals surface area contributed by atoms with Gasteiger partial charge in [-0.1, -0.05) is 43.2 Å². The van der Waals surface area contributed by atoms with E-state index in [1.54, 1.807) is 7.11 Å². The molecular weight excluding hydrogens is 264 g/mol. The Morgan fingerprint density at radius 3 is 2.62 bits per heavy atom. The predicted molar refractivity (Wildman–Crippen MR) is 81.7 cm³/mol. The van der Waals surface area contributed by atoms with E-state index < -0.39 is 0 Å². The first-order valence-electron chi connectivity index (χ1n) is 7.83. The summed E-state index contributed by atoms with van der Waals surface area (Å²) in [5.74, 6) is 0.248. The number of amides is 1. The second-order valence-corrected chi connectivity index (χ2v) is 6.25. The molecular formula is C17H24N2O2. The highest BCUT2D eigenvalue weighted by Gasteiger charge is 2.52. The molecule has 1 heterocycles. The van der Waals surface area contributed by atoms with E-state index in [1.807, 2.05) is 30.0 Å². The summed E-state index contributed by atoms with van der Waals surface area (Å²) in [7, 11) is 1.70. The molecule has 1 aliphatic heterocycles. The van der Waals surface area contributed by atoms with Crippen molar-refractivity contribution >= 4 is 5.91 Å². The van der Waals surface area contributed by atoms with E-state index >= 15 is 0 Å². The van der Waals surface area contributed by atoms with Gasteiger partial charge in [-0.3, -0.25) is 10.1 Å². The monoisotopic (exact) mass is 288 g/mol. The van der Waals surface area contributed by atoms with E-state index in [0.29, 0.717) is 6.54 Å². The molecule has 1 amide bonds. The second kappa shape index (κ2) is 5.78. The van der Waals surface area contributed by atoms with E-state index in [0.717, 1.165) is 31.2 Å². The fourth-order valence-electron chi connectivity index (χ4n) is 3.57. The summed E-state index contributed by atoms with van der Waals surface area (Å²) < 4.78 is 5.37. The Hall–Kier alpha value is -1.39. The van der Waals surface area contributed by atoms with Crippen LogP contribution in [0.15, 0.2) is 30.3 Å². The number of nitrogens with zero attached hydrogens (tertiary/aromatic N) is 1. The fourth-order valence-corrected chi connectivity index (χ4v) is 3.57. The molecule has 2 atom stereocenters. The first-order valence-corrected chi connectivity index (χ1v) is 7.83. The number of carbonyl (C=O) groups excluding carboxylic acids is 1. The van der Waals surface area contributed by atoms with Crippen LogP contribution in [0.2, 0.25) is 0 Å². The first-order chi connectivity index (χ1) is 10.2. The fraction of sp³-hybridized carbons (Fsp3) is 0.588. The third-order valence-corrected chi connectivity index (χ3v) is 4.82. The normalized spacial score (nSPS) is 25.7. The van der Waals surface area contributed by atoms with Gasteiger partial charge >= 0.3 is 0 Å². The minimum Gasteiger partial charge on any atom is -0.380 e. The van der Waals surface area contributed by atoms with Gasteiger partial charge in [-0.05, 0) is 25.3 Å². The molecule has 114 valence electrons. The Morgan fingerprint density at radius 2 is 2.00 bits per heavy atom. The van der Waals surface area contributed by atoms with Crippen molar-refractivity contribution in [2.24, 2.45) is 0 Å². The van der Waals surface area contributed by atoms with Gasteiger partial charge in [-0.25, -0.2) is 0 Å². The van der Waals surface area contributed by atoms with E-state index in [1.165, 1.54) is 0 Å². The number of carbonyl (C=O) groups is 1. The molecule has 3 rings (SSSR count).